The van der Waals surface area contributed by atoms with E-state index in [2.05, 4.69) is 54.2 Å². The molecule has 0 N–H and O–H groups in total. The zero-order valence-electron chi connectivity index (χ0n) is 7.99. The Morgan fingerprint density at radius 1 is 1.23 bits per heavy atom. The van der Waals surface area contributed by atoms with Crippen LogP contribution in [0.4, 0.5) is 0 Å². The molecule has 1 heteroatoms. The minimum atomic E-state index is 1.29. The van der Waals surface area contributed by atoms with Crippen LogP contribution in [0.3, 0.4) is 0 Å². The summed E-state index contributed by atoms with van der Waals surface area (Å²) in [5.74, 6) is 0. The number of benzene rings is 1. The van der Waals surface area contributed by atoms with Crippen LogP contribution in [0, 0.1) is 0 Å². The summed E-state index contributed by atoms with van der Waals surface area (Å²) in [7, 11) is 2.08. The van der Waals surface area contributed by atoms with E-state index in [9.17, 15) is 0 Å². The van der Waals surface area contributed by atoms with Crippen molar-refractivity contribution in [2.45, 2.75) is 6.92 Å². The fourth-order valence-corrected chi connectivity index (χ4v) is 1.69. The van der Waals surface area contributed by atoms with Crippen LogP contribution in [0.1, 0.15) is 12.5 Å². The monoisotopic (exact) mass is 171 g/mol. The Hall–Kier alpha value is -1.50. The maximum Gasteiger partial charge on any atom is 0.0483 e. The third kappa shape index (κ3) is 1.26. The molecule has 0 spiro atoms. The van der Waals surface area contributed by atoms with Crippen molar-refractivity contribution in [3.63, 3.8) is 0 Å². The predicted molar refractivity (Wildman–Crippen MR) is 57.6 cm³/mol. The number of para-hydroxylation sites is 1. The lowest BCUT2D eigenvalue weighted by atomic mass is 10.2. The van der Waals surface area contributed by atoms with Crippen molar-refractivity contribution in [1.82, 2.24) is 4.57 Å². The summed E-state index contributed by atoms with van der Waals surface area (Å²) in [4.78, 5) is 0. The Kier molecular flexibility index (Phi) is 1.93. The number of fused-ring (bicyclic) bond motifs is 1. The van der Waals surface area contributed by atoms with Gasteiger partial charge < -0.3 is 4.57 Å². The van der Waals surface area contributed by atoms with Gasteiger partial charge in [0.25, 0.3) is 0 Å². The molecule has 1 aromatic carbocycles. The first-order valence-electron chi connectivity index (χ1n) is 4.49. The number of nitrogens with zero attached hydrogens (tertiary/aromatic N) is 1. The van der Waals surface area contributed by atoms with Gasteiger partial charge in [-0.2, -0.15) is 0 Å². The van der Waals surface area contributed by atoms with E-state index >= 15 is 0 Å². The zero-order valence-corrected chi connectivity index (χ0v) is 7.99. The quantitative estimate of drug-likeness (QED) is 0.621. The molecular weight excluding hydrogens is 158 g/mol. The van der Waals surface area contributed by atoms with Crippen LogP contribution in [0.2, 0.25) is 0 Å². The van der Waals surface area contributed by atoms with Crippen molar-refractivity contribution >= 4 is 17.0 Å². The highest BCUT2D eigenvalue weighted by atomic mass is 14.9. The maximum atomic E-state index is 2.16. The molecule has 0 bridgehead atoms. The van der Waals surface area contributed by atoms with Crippen LogP contribution in [0.15, 0.2) is 36.5 Å². The average molecular weight is 171 g/mol. The lowest BCUT2D eigenvalue weighted by molar-refractivity contribution is 0.968. The number of hydrogen-bond acceptors (Lipinski definition) is 0. The molecule has 0 unspecified atom stereocenters. The molecule has 1 heterocycles. The van der Waals surface area contributed by atoms with Crippen LogP contribution in [0.25, 0.3) is 17.0 Å². The van der Waals surface area contributed by atoms with Crippen LogP contribution in [0.5, 0.6) is 0 Å². The van der Waals surface area contributed by atoms with E-state index in [4.69, 9.17) is 0 Å². The minimum absolute atomic E-state index is 1.29. The fraction of sp³-hybridized carbons (Fsp3) is 0.167. The van der Waals surface area contributed by atoms with Crippen molar-refractivity contribution in [1.29, 1.82) is 0 Å². The summed E-state index contributed by atoms with van der Waals surface area (Å²) in [6.45, 7) is 2.04. The predicted octanol–water partition coefficient (Wildman–Crippen LogP) is 3.21. The second-order valence-corrected chi connectivity index (χ2v) is 3.21. The van der Waals surface area contributed by atoms with Crippen molar-refractivity contribution in [3.8, 4) is 0 Å². The maximum absolute atomic E-state index is 2.16. The fourth-order valence-electron chi connectivity index (χ4n) is 1.69. The topological polar surface area (TPSA) is 4.93 Å². The largest absolute Gasteiger partial charge is 0.350 e. The molecule has 0 atom stereocenters. The molecular formula is C12H13N. The molecule has 1 aromatic heterocycles. The molecule has 1 nitrogen and oxygen atoms in total. The summed E-state index contributed by atoms with van der Waals surface area (Å²) in [6, 6.07) is 8.45. The number of allylic oxidation sites excluding steroid dienone is 1. The van der Waals surface area contributed by atoms with Gasteiger partial charge >= 0.3 is 0 Å². The van der Waals surface area contributed by atoms with Gasteiger partial charge in [-0.25, -0.2) is 0 Å². The molecule has 0 radical (unpaired) electrons. The molecule has 13 heavy (non-hydrogen) atoms. The highest BCUT2D eigenvalue weighted by molar-refractivity contribution is 5.89. The normalized spacial score (nSPS) is 11.5. The number of aryl methyl sites for hydroxylation is 1. The van der Waals surface area contributed by atoms with Gasteiger partial charge in [0.1, 0.15) is 0 Å². The van der Waals surface area contributed by atoms with Crippen LogP contribution in [-0.4, -0.2) is 4.57 Å². The minimum Gasteiger partial charge on any atom is -0.350 e. The van der Waals surface area contributed by atoms with Gasteiger partial charge in [-0.3, -0.25) is 0 Å². The van der Waals surface area contributed by atoms with E-state index < -0.39 is 0 Å². The summed E-state index contributed by atoms with van der Waals surface area (Å²) in [5.41, 5.74) is 2.58. The highest BCUT2D eigenvalue weighted by Gasteiger charge is 2.01. The molecule has 0 saturated carbocycles. The van der Waals surface area contributed by atoms with Gasteiger partial charge in [0, 0.05) is 24.1 Å². The van der Waals surface area contributed by atoms with Gasteiger partial charge in [0.05, 0.1) is 0 Å². The Bertz CT molecular complexity index is 449. The Balaban J connectivity index is 2.77. The molecule has 2 rings (SSSR count). The molecule has 66 valence electrons. The molecule has 0 aliphatic carbocycles. The molecule has 0 saturated heterocycles. The summed E-state index contributed by atoms with van der Waals surface area (Å²) >= 11 is 0. The van der Waals surface area contributed by atoms with Crippen molar-refractivity contribution < 1.29 is 0 Å². The Morgan fingerprint density at radius 3 is 2.77 bits per heavy atom. The summed E-state index contributed by atoms with van der Waals surface area (Å²) in [6.07, 6.45) is 6.37. The third-order valence-electron chi connectivity index (χ3n) is 2.27. The average Bonchev–Trinajstić information content (AvgIpc) is 2.46. The molecule has 0 aliphatic rings. The van der Waals surface area contributed by atoms with E-state index in [1.54, 1.807) is 0 Å². The Morgan fingerprint density at radius 2 is 2.00 bits per heavy atom. The lowest BCUT2D eigenvalue weighted by Gasteiger charge is -1.92. The first-order chi connectivity index (χ1) is 6.33. The van der Waals surface area contributed by atoms with Crippen molar-refractivity contribution in [2.24, 2.45) is 7.05 Å². The van der Waals surface area contributed by atoms with Crippen LogP contribution < -0.4 is 0 Å². The molecule has 0 amide bonds. The lowest BCUT2D eigenvalue weighted by Crippen LogP contribution is -1.81. The molecule has 0 fully saturated rings. The van der Waals surface area contributed by atoms with Gasteiger partial charge in [0.2, 0.25) is 0 Å². The zero-order chi connectivity index (χ0) is 9.26. The smallest absolute Gasteiger partial charge is 0.0483 e. The summed E-state index contributed by atoms with van der Waals surface area (Å²) < 4.78 is 2.16. The number of hydrogen-bond donors (Lipinski definition) is 0. The molecule has 2 aromatic rings. The van der Waals surface area contributed by atoms with Crippen LogP contribution >= 0.6 is 0 Å². The van der Waals surface area contributed by atoms with Gasteiger partial charge in [-0.1, -0.05) is 30.4 Å². The number of rotatable bonds is 1. The summed E-state index contributed by atoms with van der Waals surface area (Å²) in [5, 5.41) is 1.32. The first kappa shape index (κ1) is 8.11. The van der Waals surface area contributed by atoms with Gasteiger partial charge in [0.15, 0.2) is 0 Å². The first-order valence-corrected chi connectivity index (χ1v) is 4.49. The van der Waals surface area contributed by atoms with E-state index in [-0.39, 0.29) is 0 Å². The van der Waals surface area contributed by atoms with E-state index in [1.165, 1.54) is 16.5 Å². The van der Waals surface area contributed by atoms with Crippen molar-refractivity contribution in [2.75, 3.05) is 0 Å². The Labute approximate surface area is 78.3 Å². The third-order valence-corrected chi connectivity index (χ3v) is 2.27. The SMILES string of the molecule is C/C=C/c1cn(C)c2ccccc12. The standard InChI is InChI=1S/C12H13N/c1-3-6-10-9-13(2)12-8-5-4-7-11(10)12/h3-9H,1-2H3/b6-3+. The highest BCUT2D eigenvalue weighted by Crippen LogP contribution is 2.20. The molecule has 0 aliphatic heterocycles. The second kappa shape index (κ2) is 3.09. The number of aromatic nitrogens is 1. The van der Waals surface area contributed by atoms with E-state index in [0.29, 0.717) is 0 Å². The van der Waals surface area contributed by atoms with E-state index in [1.807, 2.05) is 6.92 Å². The van der Waals surface area contributed by atoms with Crippen LogP contribution in [-0.2, 0) is 7.05 Å². The van der Waals surface area contributed by atoms with Crippen molar-refractivity contribution in [3.05, 3.63) is 42.1 Å². The van der Waals surface area contributed by atoms with Gasteiger partial charge in [-0.05, 0) is 18.6 Å². The van der Waals surface area contributed by atoms with Gasteiger partial charge in [-0.15, -0.1) is 0 Å². The second-order valence-electron chi connectivity index (χ2n) is 3.21. The van der Waals surface area contributed by atoms with E-state index in [0.717, 1.165) is 0 Å².